The van der Waals surface area contributed by atoms with Crippen molar-refractivity contribution < 1.29 is 10.0 Å². The molecule has 0 unspecified atom stereocenters. The third kappa shape index (κ3) is 3.07. The van der Waals surface area contributed by atoms with E-state index in [1.54, 1.807) is 19.1 Å². The van der Waals surface area contributed by atoms with Crippen LogP contribution < -0.4 is 11.3 Å². The number of fused-ring (bicyclic) bond motifs is 1. The number of thiophene rings is 1. The molecule has 4 N–H and O–H groups in total. The van der Waals surface area contributed by atoms with Crippen LogP contribution in [0.5, 0.6) is 0 Å². The first-order chi connectivity index (χ1) is 11.6. The van der Waals surface area contributed by atoms with E-state index in [-0.39, 0.29) is 6.54 Å². The number of hydrogen-bond acceptors (Lipinski definition) is 7. The summed E-state index contributed by atoms with van der Waals surface area (Å²) in [4.78, 5) is 22.5. The van der Waals surface area contributed by atoms with E-state index in [1.807, 2.05) is 18.2 Å². The zero-order chi connectivity index (χ0) is 17.1. The summed E-state index contributed by atoms with van der Waals surface area (Å²) < 4.78 is 0. The van der Waals surface area contributed by atoms with E-state index in [2.05, 4.69) is 15.4 Å². The highest BCUT2D eigenvalue weighted by atomic mass is 32.1. The van der Waals surface area contributed by atoms with Gasteiger partial charge in [0, 0.05) is 23.4 Å². The summed E-state index contributed by atoms with van der Waals surface area (Å²) in [6.07, 6.45) is 2.02. The lowest BCUT2D eigenvalue weighted by atomic mass is 10.0. The van der Waals surface area contributed by atoms with Crippen LogP contribution in [-0.2, 0) is 6.42 Å². The van der Waals surface area contributed by atoms with E-state index >= 15 is 0 Å². The molecule has 0 radical (unpaired) electrons. The van der Waals surface area contributed by atoms with Gasteiger partial charge in [-0.05, 0) is 24.6 Å². The minimum Gasteiger partial charge on any atom is -0.308 e. The highest BCUT2D eigenvalue weighted by molar-refractivity contribution is 7.18. The SMILES string of the molecule is CCN(O)C(=O)c1ccccc1Cc1cc2c(NN)ncnc2s1. The summed E-state index contributed by atoms with van der Waals surface area (Å²) in [5.41, 5.74) is 3.89. The van der Waals surface area contributed by atoms with Crippen LogP contribution in [0.4, 0.5) is 5.82 Å². The topological polar surface area (TPSA) is 104 Å². The zero-order valence-electron chi connectivity index (χ0n) is 13.1. The van der Waals surface area contributed by atoms with Crippen LogP contribution in [0.1, 0.15) is 27.7 Å². The smallest absolute Gasteiger partial charge is 0.277 e. The highest BCUT2D eigenvalue weighted by Gasteiger charge is 2.17. The fourth-order valence-corrected chi connectivity index (χ4v) is 3.48. The number of nitrogens with zero attached hydrogens (tertiary/aromatic N) is 3. The number of hydroxylamine groups is 2. The van der Waals surface area contributed by atoms with Crippen LogP contribution in [0.25, 0.3) is 10.2 Å². The van der Waals surface area contributed by atoms with E-state index < -0.39 is 5.91 Å². The average Bonchev–Trinajstić information content (AvgIpc) is 3.03. The maximum absolute atomic E-state index is 12.3. The van der Waals surface area contributed by atoms with Crippen LogP contribution in [-0.4, -0.2) is 32.7 Å². The second-order valence-corrected chi connectivity index (χ2v) is 6.27. The Kier molecular flexibility index (Phi) is 4.70. The Morgan fingerprint density at radius 2 is 2.17 bits per heavy atom. The normalized spacial score (nSPS) is 10.8. The van der Waals surface area contributed by atoms with Gasteiger partial charge in [-0.3, -0.25) is 10.0 Å². The van der Waals surface area contributed by atoms with Gasteiger partial charge in [0.2, 0.25) is 0 Å². The molecule has 0 bridgehead atoms. The maximum Gasteiger partial charge on any atom is 0.277 e. The number of nitrogens with one attached hydrogen (secondary N) is 1. The van der Waals surface area contributed by atoms with Gasteiger partial charge in [0.25, 0.3) is 5.91 Å². The fourth-order valence-electron chi connectivity index (χ4n) is 2.46. The second-order valence-electron chi connectivity index (χ2n) is 5.15. The first kappa shape index (κ1) is 16.3. The molecule has 0 fully saturated rings. The largest absolute Gasteiger partial charge is 0.308 e. The van der Waals surface area contributed by atoms with Crippen molar-refractivity contribution in [1.82, 2.24) is 15.0 Å². The molecule has 0 saturated heterocycles. The molecule has 2 aromatic heterocycles. The highest BCUT2D eigenvalue weighted by Crippen LogP contribution is 2.30. The van der Waals surface area contributed by atoms with Crippen molar-refractivity contribution in [1.29, 1.82) is 0 Å². The summed E-state index contributed by atoms with van der Waals surface area (Å²) in [6, 6.07) is 9.23. The Morgan fingerprint density at radius 1 is 1.38 bits per heavy atom. The monoisotopic (exact) mass is 343 g/mol. The minimum atomic E-state index is -0.404. The number of rotatable bonds is 5. The summed E-state index contributed by atoms with van der Waals surface area (Å²) >= 11 is 1.52. The van der Waals surface area contributed by atoms with Gasteiger partial charge in [-0.2, -0.15) is 0 Å². The molecule has 7 nitrogen and oxygen atoms in total. The molecule has 0 aliphatic rings. The van der Waals surface area contributed by atoms with E-state index in [1.165, 1.54) is 17.7 Å². The van der Waals surface area contributed by atoms with Gasteiger partial charge in [-0.1, -0.05) is 18.2 Å². The van der Waals surface area contributed by atoms with Gasteiger partial charge in [-0.15, -0.1) is 11.3 Å². The molecule has 3 aromatic rings. The maximum atomic E-state index is 12.3. The lowest BCUT2D eigenvalue weighted by Gasteiger charge is -2.14. The summed E-state index contributed by atoms with van der Waals surface area (Å²) in [5, 5.41) is 11.3. The van der Waals surface area contributed by atoms with Crippen molar-refractivity contribution in [2.75, 3.05) is 12.0 Å². The molecule has 24 heavy (non-hydrogen) atoms. The molecule has 1 aromatic carbocycles. The van der Waals surface area contributed by atoms with Crippen molar-refractivity contribution in [2.45, 2.75) is 13.3 Å². The molecule has 0 aliphatic heterocycles. The van der Waals surface area contributed by atoms with Crippen molar-refractivity contribution in [3.8, 4) is 0 Å². The number of hydrogen-bond donors (Lipinski definition) is 3. The minimum absolute atomic E-state index is 0.233. The van der Waals surface area contributed by atoms with Crippen molar-refractivity contribution in [2.24, 2.45) is 5.84 Å². The predicted molar refractivity (Wildman–Crippen MR) is 93.0 cm³/mol. The number of benzene rings is 1. The molecule has 0 aliphatic carbocycles. The number of anilines is 1. The number of hydrazine groups is 1. The molecule has 124 valence electrons. The summed E-state index contributed by atoms with van der Waals surface area (Å²) in [7, 11) is 0. The molecule has 0 spiro atoms. The first-order valence-corrected chi connectivity index (χ1v) is 8.24. The third-order valence-corrected chi connectivity index (χ3v) is 4.71. The lowest BCUT2D eigenvalue weighted by molar-refractivity contribution is -0.0542. The van der Waals surface area contributed by atoms with Crippen LogP contribution >= 0.6 is 11.3 Å². The van der Waals surface area contributed by atoms with Crippen LogP contribution in [0.2, 0.25) is 0 Å². The third-order valence-electron chi connectivity index (χ3n) is 3.66. The average molecular weight is 343 g/mol. The second kappa shape index (κ2) is 6.91. The van der Waals surface area contributed by atoms with Gasteiger partial charge in [0.15, 0.2) is 5.82 Å². The molecule has 1 amide bonds. The van der Waals surface area contributed by atoms with E-state index in [4.69, 9.17) is 5.84 Å². The van der Waals surface area contributed by atoms with Gasteiger partial charge >= 0.3 is 0 Å². The molecule has 2 heterocycles. The van der Waals surface area contributed by atoms with Crippen LogP contribution in [0, 0.1) is 0 Å². The van der Waals surface area contributed by atoms with Crippen LogP contribution in [0.3, 0.4) is 0 Å². The van der Waals surface area contributed by atoms with Crippen molar-refractivity contribution >= 4 is 33.3 Å². The fraction of sp³-hybridized carbons (Fsp3) is 0.188. The Bertz CT molecular complexity index is 880. The number of amides is 1. The Hall–Kier alpha value is -2.55. The van der Waals surface area contributed by atoms with Crippen molar-refractivity contribution in [3.63, 3.8) is 0 Å². The Balaban J connectivity index is 1.96. The Morgan fingerprint density at radius 3 is 2.92 bits per heavy atom. The number of nitrogens with two attached hydrogens (primary N) is 1. The quantitative estimate of drug-likeness (QED) is 0.373. The molecule has 0 saturated carbocycles. The molecule has 0 atom stereocenters. The van der Waals surface area contributed by atoms with Gasteiger partial charge < -0.3 is 5.43 Å². The summed E-state index contributed by atoms with van der Waals surface area (Å²) in [5.74, 6) is 5.64. The van der Waals surface area contributed by atoms with Gasteiger partial charge in [-0.25, -0.2) is 20.9 Å². The molecule has 8 heteroatoms. The first-order valence-electron chi connectivity index (χ1n) is 7.42. The van der Waals surface area contributed by atoms with E-state index in [0.717, 1.165) is 20.7 Å². The zero-order valence-corrected chi connectivity index (χ0v) is 13.9. The lowest BCUT2D eigenvalue weighted by Crippen LogP contribution is -2.27. The molecular formula is C16H17N5O2S. The number of nitrogen functional groups attached to an aromatic ring is 1. The summed E-state index contributed by atoms with van der Waals surface area (Å²) in [6.45, 7) is 1.95. The number of carbonyl (C=O) groups excluding carboxylic acids is 1. The standard InChI is InChI=1S/C16H17N5O2S/c1-2-21(23)16(22)12-6-4-3-5-10(12)7-11-8-13-14(20-17)18-9-19-15(13)24-11/h3-6,8-9,23H,2,7,17H2,1H3,(H,18,19,20). The van der Waals surface area contributed by atoms with E-state index in [0.29, 0.717) is 22.9 Å². The van der Waals surface area contributed by atoms with Gasteiger partial charge in [0.05, 0.1) is 5.39 Å². The number of aromatic nitrogens is 2. The number of carbonyl (C=O) groups is 1. The molecular weight excluding hydrogens is 326 g/mol. The van der Waals surface area contributed by atoms with Crippen LogP contribution in [0.15, 0.2) is 36.7 Å². The predicted octanol–water partition coefficient (Wildman–Crippen LogP) is 2.42. The van der Waals surface area contributed by atoms with Gasteiger partial charge in [0.1, 0.15) is 11.2 Å². The Labute approximate surface area is 142 Å². The molecule has 3 rings (SSSR count). The van der Waals surface area contributed by atoms with E-state index in [9.17, 15) is 10.0 Å². The van der Waals surface area contributed by atoms with Crippen molar-refractivity contribution in [3.05, 3.63) is 52.7 Å².